The maximum absolute atomic E-state index is 13.6. The van der Waals surface area contributed by atoms with E-state index in [1.807, 2.05) is 0 Å². The van der Waals surface area contributed by atoms with Crippen LogP contribution in [0.15, 0.2) is 29.3 Å². The topological polar surface area (TPSA) is 294 Å². The van der Waals surface area contributed by atoms with Gasteiger partial charge in [0, 0.05) is 26.2 Å². The third-order valence-electron chi connectivity index (χ3n) is 7.10. The predicted molar refractivity (Wildman–Crippen MR) is 157 cm³/mol. The van der Waals surface area contributed by atoms with E-state index in [-0.39, 0.29) is 31.9 Å². The molecule has 1 aromatic carbocycles. The lowest BCUT2D eigenvalue weighted by atomic mass is 10.0. The maximum Gasteiger partial charge on any atom is 0.305 e. The molecular weight excluding hydrogens is 592 g/mol. The summed E-state index contributed by atoms with van der Waals surface area (Å²) in [6, 6.07) is 1.68. The van der Waals surface area contributed by atoms with Crippen molar-refractivity contribution in [2.75, 3.05) is 19.6 Å². The number of benzene rings is 1. The fourth-order valence-corrected chi connectivity index (χ4v) is 4.78. The van der Waals surface area contributed by atoms with Gasteiger partial charge in [0.05, 0.1) is 19.4 Å². The van der Waals surface area contributed by atoms with Gasteiger partial charge in [0.15, 0.2) is 5.96 Å². The van der Waals surface area contributed by atoms with Crippen LogP contribution >= 0.6 is 0 Å². The van der Waals surface area contributed by atoms with Crippen molar-refractivity contribution < 1.29 is 38.7 Å². The molecule has 18 heteroatoms. The molecule has 4 unspecified atom stereocenters. The number of amides is 6. The number of rotatable bonds is 9. The van der Waals surface area contributed by atoms with Gasteiger partial charge in [-0.1, -0.05) is 24.3 Å². The Hall–Kier alpha value is -5.26. The maximum atomic E-state index is 13.6. The van der Waals surface area contributed by atoms with Gasteiger partial charge < -0.3 is 53.8 Å². The molecule has 4 atom stereocenters. The second-order valence-electron chi connectivity index (χ2n) is 10.5. The summed E-state index contributed by atoms with van der Waals surface area (Å²) in [6.07, 6.45) is -1.02. The van der Waals surface area contributed by atoms with Crippen LogP contribution in [-0.2, 0) is 46.7 Å². The Morgan fingerprint density at radius 3 is 2.18 bits per heavy atom. The van der Waals surface area contributed by atoms with Gasteiger partial charge in [0.2, 0.25) is 35.4 Å². The van der Waals surface area contributed by atoms with Gasteiger partial charge >= 0.3 is 5.97 Å². The molecule has 45 heavy (non-hydrogen) atoms. The van der Waals surface area contributed by atoms with Crippen LogP contribution < -0.4 is 43.8 Å². The number of aliphatic imine (C=N–C) groups is 1. The molecule has 3 aliphatic rings. The van der Waals surface area contributed by atoms with Crippen molar-refractivity contribution in [3.63, 3.8) is 0 Å². The molecule has 0 spiro atoms. The molecule has 6 amide bonds. The fraction of sp³-hybridized carbons (Fsp3) is 0.481. The van der Waals surface area contributed by atoms with E-state index in [0.29, 0.717) is 12.1 Å². The molecule has 18 nitrogen and oxygen atoms in total. The summed E-state index contributed by atoms with van der Waals surface area (Å²) in [5.41, 5.74) is 17.8. The number of carboxylic acid groups (broad SMARTS) is 1. The minimum Gasteiger partial charge on any atom is -0.481 e. The fourth-order valence-electron chi connectivity index (χ4n) is 4.78. The minimum atomic E-state index is -1.56. The first kappa shape index (κ1) is 34.2. The Labute approximate surface area is 257 Å². The van der Waals surface area contributed by atoms with E-state index in [1.165, 1.54) is 4.90 Å². The zero-order valence-corrected chi connectivity index (χ0v) is 24.4. The highest BCUT2D eigenvalue weighted by Gasteiger charge is 2.42. The average molecular weight is 631 g/mol. The van der Waals surface area contributed by atoms with Gasteiger partial charge in [-0.2, -0.15) is 0 Å². The number of fused-ring (bicyclic) bond motifs is 14. The van der Waals surface area contributed by atoms with Crippen molar-refractivity contribution in [2.24, 2.45) is 22.2 Å². The Morgan fingerprint density at radius 1 is 0.889 bits per heavy atom. The first-order valence-corrected chi connectivity index (χ1v) is 14.2. The highest BCUT2D eigenvalue weighted by Crippen LogP contribution is 2.18. The lowest BCUT2D eigenvalue weighted by Gasteiger charge is -2.39. The minimum absolute atomic E-state index is 0.0368. The average Bonchev–Trinajstić information content (AvgIpc) is 2.99. The molecule has 1 aromatic rings. The van der Waals surface area contributed by atoms with Crippen LogP contribution in [0.3, 0.4) is 0 Å². The number of carbonyl (C=O) groups is 7. The van der Waals surface area contributed by atoms with Crippen LogP contribution in [0.1, 0.15) is 36.8 Å². The molecule has 0 aliphatic carbocycles. The summed E-state index contributed by atoms with van der Waals surface area (Å²) in [7, 11) is 0. The van der Waals surface area contributed by atoms with Crippen LogP contribution in [0.5, 0.6) is 0 Å². The van der Waals surface area contributed by atoms with Gasteiger partial charge in [-0.15, -0.1) is 0 Å². The summed E-state index contributed by atoms with van der Waals surface area (Å²) in [6.45, 7) is -0.708. The predicted octanol–water partition coefficient (Wildman–Crippen LogP) is -4.53. The number of aliphatic carboxylic acids is 1. The molecule has 2 bridgehead atoms. The van der Waals surface area contributed by atoms with Crippen LogP contribution in [-0.4, -0.2) is 101 Å². The van der Waals surface area contributed by atoms with Crippen LogP contribution in [0.2, 0.25) is 0 Å². The molecule has 3 aliphatic heterocycles. The van der Waals surface area contributed by atoms with Crippen molar-refractivity contribution >= 4 is 47.4 Å². The summed E-state index contributed by atoms with van der Waals surface area (Å²) in [4.78, 5) is 95.1. The third-order valence-corrected chi connectivity index (χ3v) is 7.10. The molecule has 3 saturated heterocycles. The van der Waals surface area contributed by atoms with Gasteiger partial charge in [-0.3, -0.25) is 38.6 Å². The van der Waals surface area contributed by atoms with E-state index in [2.05, 4.69) is 31.6 Å². The van der Waals surface area contributed by atoms with E-state index >= 15 is 0 Å². The molecule has 0 saturated carbocycles. The Morgan fingerprint density at radius 2 is 1.53 bits per heavy atom. The molecule has 244 valence electrons. The van der Waals surface area contributed by atoms with E-state index in [9.17, 15) is 38.7 Å². The van der Waals surface area contributed by atoms with Crippen molar-refractivity contribution in [3.8, 4) is 0 Å². The van der Waals surface area contributed by atoms with Gasteiger partial charge in [-0.25, -0.2) is 0 Å². The quantitative estimate of drug-likeness (QED) is 0.0542. The van der Waals surface area contributed by atoms with Gasteiger partial charge in [0.25, 0.3) is 0 Å². The summed E-state index contributed by atoms with van der Waals surface area (Å²) in [5, 5.41) is 21.3. The molecule has 12 N–H and O–H groups in total. The van der Waals surface area contributed by atoms with Gasteiger partial charge in [0.1, 0.15) is 24.2 Å². The van der Waals surface area contributed by atoms with Crippen molar-refractivity contribution in [1.82, 2.24) is 31.5 Å². The van der Waals surface area contributed by atoms with Crippen LogP contribution in [0.25, 0.3) is 0 Å². The van der Waals surface area contributed by atoms with E-state index in [0.717, 1.165) is 5.56 Å². The largest absolute Gasteiger partial charge is 0.481 e. The molecule has 3 fully saturated rings. The zero-order valence-electron chi connectivity index (χ0n) is 24.4. The first-order chi connectivity index (χ1) is 21.4. The van der Waals surface area contributed by atoms with Crippen molar-refractivity contribution in [1.29, 1.82) is 0 Å². The van der Waals surface area contributed by atoms with Gasteiger partial charge in [-0.05, 0) is 24.0 Å². The number of piperazine rings is 1. The summed E-state index contributed by atoms with van der Waals surface area (Å²) >= 11 is 0. The number of nitrogens with two attached hydrogens (primary N) is 3. The summed E-state index contributed by atoms with van der Waals surface area (Å²) in [5.74, 6) is -6.17. The number of guanidine groups is 1. The molecular formula is C27H38N10O8. The normalized spacial score (nSPS) is 23.2. The second-order valence-corrected chi connectivity index (χ2v) is 10.5. The standard InChI is InChI=1S/C27H38N10O8/c28-10-14-3-5-15(6-4-14)13-37-19-9-20(38)34-16(2-1-7-31-27(29)30)23(42)33-12-21(39)35-17(8-22(40)41)24(43)32-11-18(26(37)45)36-25(19)44/h3-6,16-19H,1-2,7-13,28H2,(H,32,43)(H,33,42)(H,34,38)(H,35,39)(H,36,44)(H,40,41)(H4,29,30,31). The number of hydrogen-bond acceptors (Lipinski definition) is 9. The number of nitrogens with zero attached hydrogens (tertiary/aromatic N) is 2. The molecule has 0 radical (unpaired) electrons. The Balaban J connectivity index is 1.94. The molecule has 3 heterocycles. The van der Waals surface area contributed by atoms with Crippen LogP contribution in [0, 0.1) is 0 Å². The number of carbonyl (C=O) groups excluding carboxylic acids is 6. The zero-order chi connectivity index (χ0) is 33.1. The highest BCUT2D eigenvalue weighted by molar-refractivity contribution is 6.00. The number of hydrogen-bond donors (Lipinski definition) is 9. The van der Waals surface area contributed by atoms with Crippen molar-refractivity contribution in [2.45, 2.75) is 62.9 Å². The number of nitrogens with one attached hydrogen (secondary N) is 5. The lowest BCUT2D eigenvalue weighted by molar-refractivity contribution is -0.151. The Bertz CT molecular complexity index is 1330. The van der Waals surface area contributed by atoms with Crippen LogP contribution in [0.4, 0.5) is 0 Å². The smallest absolute Gasteiger partial charge is 0.305 e. The monoisotopic (exact) mass is 630 g/mol. The SMILES string of the molecule is NCc1ccc(CN2C(=O)C3CNC(=O)C(CC(=O)O)NC(=O)CNC(=O)C(CCCN=C(N)N)NC(=O)CC2C(=O)N3)cc1. The lowest BCUT2D eigenvalue weighted by Crippen LogP contribution is -2.66. The van der Waals surface area contributed by atoms with E-state index in [4.69, 9.17) is 17.2 Å². The third kappa shape index (κ3) is 10.2. The first-order valence-electron chi connectivity index (χ1n) is 14.2. The second kappa shape index (κ2) is 16.0. The number of carboxylic acids is 1. The molecule has 0 aromatic heterocycles. The van der Waals surface area contributed by atoms with E-state index in [1.54, 1.807) is 24.3 Å². The highest BCUT2D eigenvalue weighted by atomic mass is 16.4. The Kier molecular flexibility index (Phi) is 12.2. The molecule has 4 rings (SSSR count). The van der Waals surface area contributed by atoms with E-state index < -0.39 is 91.5 Å². The van der Waals surface area contributed by atoms with Crippen molar-refractivity contribution in [3.05, 3.63) is 35.4 Å². The summed E-state index contributed by atoms with van der Waals surface area (Å²) < 4.78 is 0.